The first-order valence-electron chi connectivity index (χ1n) is 6.63. The van der Waals surface area contributed by atoms with Crippen LogP contribution in [0.1, 0.15) is 36.9 Å². The van der Waals surface area contributed by atoms with Gasteiger partial charge in [0.2, 0.25) is 0 Å². The van der Waals surface area contributed by atoms with Gasteiger partial charge in [-0.1, -0.05) is 24.5 Å². The minimum absolute atomic E-state index is 0.739. The van der Waals surface area contributed by atoms with Crippen LogP contribution < -0.4 is 5.32 Å². The Morgan fingerprint density at radius 1 is 1.24 bits per heavy atom. The summed E-state index contributed by atoms with van der Waals surface area (Å²) in [5.41, 5.74) is 3.88. The van der Waals surface area contributed by atoms with Crippen LogP contribution >= 0.6 is 0 Å². The first-order chi connectivity index (χ1) is 8.31. The number of H-pyrrole nitrogens is 1. The third-order valence-corrected chi connectivity index (χ3v) is 3.77. The van der Waals surface area contributed by atoms with Gasteiger partial charge in [-0.3, -0.25) is 0 Å². The Morgan fingerprint density at radius 2 is 2.06 bits per heavy atom. The number of aromatic nitrogens is 1. The highest BCUT2D eigenvalue weighted by Crippen LogP contribution is 2.20. The lowest BCUT2D eigenvalue weighted by Gasteiger charge is -2.10. The van der Waals surface area contributed by atoms with E-state index < -0.39 is 0 Å². The third kappa shape index (κ3) is 2.37. The Balaban J connectivity index is 1.72. The zero-order valence-corrected chi connectivity index (χ0v) is 10.4. The maximum Gasteiger partial charge on any atom is 0.0456 e. The normalized spacial score (nSPS) is 17.0. The van der Waals surface area contributed by atoms with Gasteiger partial charge in [0, 0.05) is 23.8 Å². The molecule has 2 N–H and O–H groups in total. The zero-order valence-electron chi connectivity index (χ0n) is 10.4. The second-order valence-electron chi connectivity index (χ2n) is 5.25. The van der Waals surface area contributed by atoms with Gasteiger partial charge >= 0.3 is 0 Å². The van der Waals surface area contributed by atoms with Gasteiger partial charge in [-0.05, 0) is 43.4 Å². The van der Waals surface area contributed by atoms with Gasteiger partial charge in [-0.25, -0.2) is 0 Å². The number of benzene rings is 1. The number of hydrogen-bond donors (Lipinski definition) is 2. The number of aryl methyl sites for hydroxylation is 1. The molecular formula is C15H20N2. The van der Waals surface area contributed by atoms with Crippen LogP contribution in [0.2, 0.25) is 0 Å². The fourth-order valence-corrected chi connectivity index (χ4v) is 2.79. The van der Waals surface area contributed by atoms with E-state index in [0.717, 1.165) is 12.6 Å². The van der Waals surface area contributed by atoms with Crippen molar-refractivity contribution < 1.29 is 0 Å². The van der Waals surface area contributed by atoms with Crippen molar-refractivity contribution >= 4 is 10.9 Å². The molecule has 0 radical (unpaired) electrons. The molecule has 0 spiro atoms. The van der Waals surface area contributed by atoms with Crippen LogP contribution in [0.15, 0.2) is 24.3 Å². The summed E-state index contributed by atoms with van der Waals surface area (Å²) in [7, 11) is 0. The van der Waals surface area contributed by atoms with Gasteiger partial charge in [0.05, 0.1) is 0 Å². The molecule has 0 amide bonds. The van der Waals surface area contributed by atoms with Gasteiger partial charge in [-0.2, -0.15) is 0 Å². The summed E-state index contributed by atoms with van der Waals surface area (Å²) in [4.78, 5) is 3.48. The molecule has 1 fully saturated rings. The van der Waals surface area contributed by atoms with Crippen molar-refractivity contribution in [3.05, 3.63) is 35.5 Å². The molecule has 2 heteroatoms. The molecule has 0 unspecified atom stereocenters. The molecule has 3 rings (SSSR count). The molecule has 0 aliphatic heterocycles. The Labute approximate surface area is 102 Å². The fraction of sp³-hybridized carbons (Fsp3) is 0.467. The summed E-state index contributed by atoms with van der Waals surface area (Å²) in [5, 5.41) is 4.97. The topological polar surface area (TPSA) is 27.8 Å². The SMILES string of the molecule is Cc1ccc2[nH]c(CNC3CCCC3)cc2c1. The Hall–Kier alpha value is -1.28. The molecule has 90 valence electrons. The van der Waals surface area contributed by atoms with E-state index in [-0.39, 0.29) is 0 Å². The van der Waals surface area contributed by atoms with Crippen LogP contribution in [0, 0.1) is 6.92 Å². The van der Waals surface area contributed by atoms with Gasteiger partial charge in [0.15, 0.2) is 0 Å². The van der Waals surface area contributed by atoms with Crippen molar-refractivity contribution in [1.82, 2.24) is 10.3 Å². The largest absolute Gasteiger partial charge is 0.357 e. The Bertz CT molecular complexity index is 507. The van der Waals surface area contributed by atoms with Crippen LogP contribution in [0.5, 0.6) is 0 Å². The average molecular weight is 228 g/mol. The number of aromatic amines is 1. The molecule has 1 heterocycles. The van der Waals surface area contributed by atoms with Crippen molar-refractivity contribution in [3.63, 3.8) is 0 Å². The molecular weight excluding hydrogens is 208 g/mol. The first-order valence-corrected chi connectivity index (χ1v) is 6.63. The standard InChI is InChI=1S/C15H20N2/c1-11-6-7-15-12(8-11)9-14(17-15)10-16-13-4-2-3-5-13/h6-9,13,16-17H,2-5,10H2,1H3. The molecule has 2 aromatic rings. The van der Waals surface area contributed by atoms with Crippen LogP contribution in [0.3, 0.4) is 0 Å². The van der Waals surface area contributed by atoms with Crippen molar-refractivity contribution in [2.75, 3.05) is 0 Å². The summed E-state index contributed by atoms with van der Waals surface area (Å²) < 4.78 is 0. The summed E-state index contributed by atoms with van der Waals surface area (Å²) in [5.74, 6) is 0. The first kappa shape index (κ1) is 10.8. The summed E-state index contributed by atoms with van der Waals surface area (Å²) >= 11 is 0. The molecule has 1 aromatic heterocycles. The van der Waals surface area contributed by atoms with E-state index in [9.17, 15) is 0 Å². The Kier molecular flexibility index (Phi) is 2.89. The van der Waals surface area contributed by atoms with Gasteiger partial charge in [-0.15, -0.1) is 0 Å². The highest BCUT2D eigenvalue weighted by Gasteiger charge is 2.14. The van der Waals surface area contributed by atoms with Crippen LogP contribution in [-0.4, -0.2) is 11.0 Å². The molecule has 1 aliphatic carbocycles. The monoisotopic (exact) mass is 228 g/mol. The maximum absolute atomic E-state index is 3.64. The predicted molar refractivity (Wildman–Crippen MR) is 72.1 cm³/mol. The molecule has 0 saturated heterocycles. The van der Waals surface area contributed by atoms with E-state index in [1.54, 1.807) is 0 Å². The van der Waals surface area contributed by atoms with E-state index in [2.05, 4.69) is 41.5 Å². The number of nitrogens with one attached hydrogen (secondary N) is 2. The van der Waals surface area contributed by atoms with Crippen molar-refractivity contribution in [3.8, 4) is 0 Å². The minimum atomic E-state index is 0.739. The second kappa shape index (κ2) is 4.53. The van der Waals surface area contributed by atoms with E-state index in [0.29, 0.717) is 0 Å². The summed E-state index contributed by atoms with van der Waals surface area (Å²) in [6, 6.07) is 9.58. The highest BCUT2D eigenvalue weighted by atomic mass is 14.9. The lowest BCUT2D eigenvalue weighted by atomic mass is 10.2. The van der Waals surface area contributed by atoms with Gasteiger partial charge < -0.3 is 10.3 Å². The van der Waals surface area contributed by atoms with Gasteiger partial charge in [0.25, 0.3) is 0 Å². The highest BCUT2D eigenvalue weighted by molar-refractivity contribution is 5.81. The zero-order chi connectivity index (χ0) is 11.7. The van der Waals surface area contributed by atoms with E-state index in [1.807, 2.05) is 0 Å². The van der Waals surface area contributed by atoms with Crippen LogP contribution in [0.4, 0.5) is 0 Å². The molecule has 0 atom stereocenters. The molecule has 1 aliphatic rings. The lowest BCUT2D eigenvalue weighted by molar-refractivity contribution is 0.520. The van der Waals surface area contributed by atoms with Crippen LogP contribution in [-0.2, 0) is 6.54 Å². The maximum atomic E-state index is 3.64. The van der Waals surface area contributed by atoms with Crippen molar-refractivity contribution in [2.24, 2.45) is 0 Å². The number of rotatable bonds is 3. The minimum Gasteiger partial charge on any atom is -0.357 e. The van der Waals surface area contributed by atoms with Crippen molar-refractivity contribution in [2.45, 2.75) is 45.2 Å². The molecule has 2 nitrogen and oxygen atoms in total. The second-order valence-corrected chi connectivity index (χ2v) is 5.25. The predicted octanol–water partition coefficient (Wildman–Crippen LogP) is 3.51. The quantitative estimate of drug-likeness (QED) is 0.826. The Morgan fingerprint density at radius 3 is 2.88 bits per heavy atom. The summed E-state index contributed by atoms with van der Waals surface area (Å²) in [6.45, 7) is 3.11. The smallest absolute Gasteiger partial charge is 0.0456 e. The number of hydrogen-bond acceptors (Lipinski definition) is 1. The van der Waals surface area contributed by atoms with Gasteiger partial charge in [0.1, 0.15) is 0 Å². The third-order valence-electron chi connectivity index (χ3n) is 3.77. The average Bonchev–Trinajstić information content (AvgIpc) is 2.94. The molecule has 0 bridgehead atoms. The van der Waals surface area contributed by atoms with Crippen LogP contribution in [0.25, 0.3) is 10.9 Å². The fourth-order valence-electron chi connectivity index (χ4n) is 2.79. The van der Waals surface area contributed by atoms with Crippen molar-refractivity contribution in [1.29, 1.82) is 0 Å². The van der Waals surface area contributed by atoms with E-state index in [1.165, 1.54) is 47.8 Å². The molecule has 17 heavy (non-hydrogen) atoms. The lowest BCUT2D eigenvalue weighted by Crippen LogP contribution is -2.25. The van der Waals surface area contributed by atoms with E-state index in [4.69, 9.17) is 0 Å². The number of fused-ring (bicyclic) bond motifs is 1. The summed E-state index contributed by atoms with van der Waals surface area (Å²) in [6.07, 6.45) is 5.48. The molecule has 1 saturated carbocycles. The molecule has 1 aromatic carbocycles. The van der Waals surface area contributed by atoms with E-state index >= 15 is 0 Å².